The summed E-state index contributed by atoms with van der Waals surface area (Å²) in [6.07, 6.45) is 0. The lowest BCUT2D eigenvalue weighted by atomic mass is 10.1. The lowest BCUT2D eigenvalue weighted by Crippen LogP contribution is -2.15. The molecule has 0 radical (unpaired) electrons. The predicted octanol–water partition coefficient (Wildman–Crippen LogP) is 2.77. The smallest absolute Gasteiger partial charge is 0.342 e. The van der Waals surface area contributed by atoms with Crippen molar-refractivity contribution in [1.29, 1.82) is 0 Å². The van der Waals surface area contributed by atoms with E-state index < -0.39 is 18.4 Å². The van der Waals surface area contributed by atoms with Gasteiger partial charge >= 0.3 is 5.97 Å². The highest BCUT2D eigenvalue weighted by atomic mass is 16.5. The predicted molar refractivity (Wildman–Crippen MR) is 93.6 cm³/mol. The molecule has 138 valence electrons. The topological polar surface area (TPSA) is 91.3 Å². The van der Waals surface area contributed by atoms with E-state index in [4.69, 9.17) is 18.9 Å². The average Bonchev–Trinajstić information content (AvgIpc) is 2.66. The molecule has 7 nitrogen and oxygen atoms in total. The fourth-order valence-corrected chi connectivity index (χ4v) is 2.36. The Kier molecular flexibility index (Phi) is 6.06. The molecule has 0 aromatic heterocycles. The number of phenolic OH excluding ortho intramolecular Hbond substituents is 1. The van der Waals surface area contributed by atoms with E-state index in [0.717, 1.165) is 0 Å². The maximum absolute atomic E-state index is 12.4. The Morgan fingerprint density at radius 2 is 1.62 bits per heavy atom. The molecule has 0 amide bonds. The number of carbonyl (C=O) groups excluding carboxylic acids is 2. The molecule has 0 bridgehead atoms. The zero-order valence-electron chi connectivity index (χ0n) is 15.0. The van der Waals surface area contributed by atoms with Crippen LogP contribution in [0.5, 0.6) is 23.0 Å². The quantitative estimate of drug-likeness (QED) is 0.599. The highest BCUT2D eigenvalue weighted by molar-refractivity contribution is 6.00. The molecule has 0 fully saturated rings. The first-order valence-corrected chi connectivity index (χ1v) is 7.71. The summed E-state index contributed by atoms with van der Waals surface area (Å²) in [5.41, 5.74) is 0.777. The highest BCUT2D eigenvalue weighted by Gasteiger charge is 2.19. The van der Waals surface area contributed by atoms with Crippen LogP contribution >= 0.6 is 0 Å². The van der Waals surface area contributed by atoms with Gasteiger partial charge in [0.2, 0.25) is 11.5 Å². The first-order chi connectivity index (χ1) is 12.4. The number of Topliss-reactive ketones (excluding diaryl/α,β-unsaturated/α-hetero) is 1. The van der Waals surface area contributed by atoms with Gasteiger partial charge in [0, 0.05) is 5.56 Å². The van der Waals surface area contributed by atoms with E-state index in [0.29, 0.717) is 22.8 Å². The molecule has 0 aliphatic carbocycles. The molecule has 2 aromatic carbocycles. The van der Waals surface area contributed by atoms with Crippen LogP contribution in [0.25, 0.3) is 0 Å². The Balaban J connectivity index is 2.17. The third-order valence-electron chi connectivity index (χ3n) is 3.78. The number of methoxy groups -OCH3 is 3. The van der Waals surface area contributed by atoms with Gasteiger partial charge in [-0.3, -0.25) is 4.79 Å². The van der Waals surface area contributed by atoms with Gasteiger partial charge in [0.15, 0.2) is 18.1 Å². The van der Waals surface area contributed by atoms with Gasteiger partial charge in [-0.05, 0) is 30.7 Å². The number of ether oxygens (including phenoxy) is 4. The number of rotatable bonds is 7. The van der Waals surface area contributed by atoms with Crippen molar-refractivity contribution in [3.8, 4) is 23.0 Å². The molecule has 0 spiro atoms. The van der Waals surface area contributed by atoms with Crippen molar-refractivity contribution in [3.63, 3.8) is 0 Å². The number of hydrogen-bond donors (Lipinski definition) is 1. The number of esters is 1. The van der Waals surface area contributed by atoms with E-state index in [1.54, 1.807) is 19.1 Å². The number of hydrogen-bond acceptors (Lipinski definition) is 7. The molecule has 0 atom stereocenters. The molecular formula is C19H20O7. The summed E-state index contributed by atoms with van der Waals surface area (Å²) in [7, 11) is 4.33. The summed E-state index contributed by atoms with van der Waals surface area (Å²) in [6, 6.07) is 7.65. The maximum atomic E-state index is 12.4. The van der Waals surface area contributed by atoms with E-state index in [9.17, 15) is 14.7 Å². The van der Waals surface area contributed by atoms with Crippen LogP contribution < -0.4 is 14.2 Å². The van der Waals surface area contributed by atoms with E-state index in [1.807, 2.05) is 0 Å². The van der Waals surface area contributed by atoms with E-state index in [1.165, 1.54) is 39.5 Å². The van der Waals surface area contributed by atoms with Crippen molar-refractivity contribution >= 4 is 11.8 Å². The van der Waals surface area contributed by atoms with Gasteiger partial charge in [0.1, 0.15) is 11.3 Å². The van der Waals surface area contributed by atoms with Gasteiger partial charge in [-0.25, -0.2) is 4.79 Å². The number of aryl methyl sites for hydroxylation is 1. The molecule has 0 heterocycles. The Morgan fingerprint density at radius 3 is 2.15 bits per heavy atom. The van der Waals surface area contributed by atoms with Crippen LogP contribution in [0.4, 0.5) is 0 Å². The largest absolute Gasteiger partial charge is 0.507 e. The van der Waals surface area contributed by atoms with Crippen LogP contribution in [-0.4, -0.2) is 44.8 Å². The summed E-state index contributed by atoms with van der Waals surface area (Å²) < 4.78 is 20.6. The second-order valence-electron chi connectivity index (χ2n) is 5.38. The molecule has 1 N–H and O–H groups in total. The number of para-hydroxylation sites is 1. The minimum atomic E-state index is -0.785. The SMILES string of the molecule is COc1cc(C(=O)COC(=O)c2cccc(C)c2O)cc(OC)c1OC. The Bertz CT molecular complexity index is 802. The van der Waals surface area contributed by atoms with Crippen molar-refractivity contribution in [1.82, 2.24) is 0 Å². The monoisotopic (exact) mass is 360 g/mol. The van der Waals surface area contributed by atoms with Crippen molar-refractivity contribution < 1.29 is 33.6 Å². The first-order valence-electron chi connectivity index (χ1n) is 7.71. The van der Waals surface area contributed by atoms with Crippen LogP contribution in [0.2, 0.25) is 0 Å². The Morgan fingerprint density at radius 1 is 1.00 bits per heavy atom. The normalized spacial score (nSPS) is 10.2. The molecule has 0 unspecified atom stereocenters. The van der Waals surface area contributed by atoms with Gasteiger partial charge < -0.3 is 24.1 Å². The van der Waals surface area contributed by atoms with Gasteiger partial charge in [-0.2, -0.15) is 0 Å². The fraction of sp³-hybridized carbons (Fsp3) is 0.263. The first kappa shape index (κ1) is 19.1. The number of aromatic hydroxyl groups is 1. The lowest BCUT2D eigenvalue weighted by molar-refractivity contribution is 0.0471. The number of benzene rings is 2. The minimum absolute atomic E-state index is 0.00249. The van der Waals surface area contributed by atoms with Crippen LogP contribution in [0.15, 0.2) is 30.3 Å². The van der Waals surface area contributed by atoms with Crippen molar-refractivity contribution in [2.24, 2.45) is 0 Å². The summed E-state index contributed by atoms with van der Waals surface area (Å²) in [4.78, 5) is 24.5. The molecule has 0 aliphatic heterocycles. The van der Waals surface area contributed by atoms with E-state index in [-0.39, 0.29) is 16.9 Å². The molecule has 7 heteroatoms. The summed E-state index contributed by atoms with van der Waals surface area (Å²) >= 11 is 0. The standard InChI is InChI=1S/C19H20O7/c1-11-6-5-7-13(17(11)21)19(22)26-10-14(20)12-8-15(23-2)18(25-4)16(9-12)24-3/h5-9,21H,10H2,1-4H3. The van der Waals surface area contributed by atoms with Crippen molar-refractivity contribution in [2.75, 3.05) is 27.9 Å². The average molecular weight is 360 g/mol. The van der Waals surface area contributed by atoms with Gasteiger partial charge in [0.05, 0.1) is 21.3 Å². The fourth-order valence-electron chi connectivity index (χ4n) is 2.36. The van der Waals surface area contributed by atoms with Crippen molar-refractivity contribution in [2.45, 2.75) is 6.92 Å². The zero-order chi connectivity index (χ0) is 19.3. The zero-order valence-corrected chi connectivity index (χ0v) is 15.0. The molecule has 0 aliphatic rings. The highest BCUT2D eigenvalue weighted by Crippen LogP contribution is 2.38. The molecule has 0 saturated carbocycles. The Labute approximate surface area is 151 Å². The second kappa shape index (κ2) is 8.24. The number of phenols is 1. The van der Waals surface area contributed by atoms with Crippen LogP contribution in [0.3, 0.4) is 0 Å². The third-order valence-corrected chi connectivity index (χ3v) is 3.78. The molecular weight excluding hydrogens is 340 g/mol. The van der Waals surface area contributed by atoms with E-state index >= 15 is 0 Å². The van der Waals surface area contributed by atoms with Gasteiger partial charge in [-0.15, -0.1) is 0 Å². The maximum Gasteiger partial charge on any atom is 0.342 e. The number of carbonyl (C=O) groups is 2. The van der Waals surface area contributed by atoms with E-state index in [2.05, 4.69) is 0 Å². The Hall–Kier alpha value is -3.22. The molecule has 2 aromatic rings. The summed E-state index contributed by atoms with van der Waals surface area (Å²) in [5, 5.41) is 9.91. The van der Waals surface area contributed by atoms with Crippen molar-refractivity contribution in [3.05, 3.63) is 47.0 Å². The summed E-state index contributed by atoms with van der Waals surface area (Å²) in [6.45, 7) is 1.16. The second-order valence-corrected chi connectivity index (χ2v) is 5.38. The lowest BCUT2D eigenvalue weighted by Gasteiger charge is -2.14. The molecule has 2 rings (SSSR count). The molecule has 26 heavy (non-hydrogen) atoms. The molecule has 0 saturated heterocycles. The minimum Gasteiger partial charge on any atom is -0.507 e. The van der Waals surface area contributed by atoms with Crippen LogP contribution in [0, 0.1) is 6.92 Å². The van der Waals surface area contributed by atoms with Gasteiger partial charge in [0.25, 0.3) is 0 Å². The van der Waals surface area contributed by atoms with Crippen LogP contribution in [0.1, 0.15) is 26.3 Å². The number of ketones is 1. The summed E-state index contributed by atoms with van der Waals surface area (Å²) in [5.74, 6) is -0.418. The van der Waals surface area contributed by atoms with Crippen LogP contribution in [-0.2, 0) is 4.74 Å². The van der Waals surface area contributed by atoms with Gasteiger partial charge in [-0.1, -0.05) is 12.1 Å². The third kappa shape index (κ3) is 3.88.